The van der Waals surface area contributed by atoms with Crippen LogP contribution < -0.4 is 15.7 Å². The highest BCUT2D eigenvalue weighted by molar-refractivity contribution is 5.82. The maximum atomic E-state index is 11.8. The van der Waals surface area contributed by atoms with Crippen LogP contribution in [-0.4, -0.2) is 22.9 Å². The molecule has 7 heteroatoms. The first-order valence-electron chi connectivity index (χ1n) is 6.87. The minimum absolute atomic E-state index is 0.163. The topological polar surface area (TPSA) is 112 Å². The second kappa shape index (κ2) is 7.94. The van der Waals surface area contributed by atoms with Crippen LogP contribution in [0.3, 0.4) is 0 Å². The summed E-state index contributed by atoms with van der Waals surface area (Å²) in [5, 5.41) is 15.3. The van der Waals surface area contributed by atoms with Crippen LogP contribution in [0.2, 0.25) is 0 Å². The summed E-state index contributed by atoms with van der Waals surface area (Å²) in [6, 6.07) is 6.11. The number of rotatable bonds is 8. The van der Waals surface area contributed by atoms with Crippen LogP contribution in [0, 0.1) is 0 Å². The molecule has 0 radical (unpaired) electrons. The van der Waals surface area contributed by atoms with Gasteiger partial charge >= 0.3 is 0 Å². The van der Waals surface area contributed by atoms with E-state index in [4.69, 9.17) is 4.42 Å². The van der Waals surface area contributed by atoms with E-state index in [1.165, 1.54) is 6.26 Å². The van der Waals surface area contributed by atoms with Gasteiger partial charge in [0, 0.05) is 18.0 Å². The zero-order chi connectivity index (χ0) is 15.8. The zero-order valence-corrected chi connectivity index (χ0v) is 11.9. The van der Waals surface area contributed by atoms with Crippen molar-refractivity contribution >= 4 is 11.9 Å². The quantitative estimate of drug-likeness (QED) is 0.620. The number of furan rings is 1. The van der Waals surface area contributed by atoms with Gasteiger partial charge in [-0.25, -0.2) is 0 Å². The smallest absolute Gasteiger partial charge is 0.226 e. The van der Waals surface area contributed by atoms with Crippen LogP contribution in [0.5, 0.6) is 0 Å². The Balaban J connectivity index is 1.80. The van der Waals surface area contributed by atoms with Crippen LogP contribution in [0.25, 0.3) is 0 Å². The van der Waals surface area contributed by atoms with E-state index in [1.54, 1.807) is 35.9 Å². The molecule has 0 aromatic carbocycles. The van der Waals surface area contributed by atoms with E-state index >= 15 is 0 Å². The lowest BCUT2D eigenvalue weighted by Gasteiger charge is -2.16. The molecule has 1 atom stereocenters. The molecule has 0 unspecified atom stereocenters. The zero-order valence-electron chi connectivity index (χ0n) is 11.9. The molecule has 2 aromatic heterocycles. The number of carbonyl (C=O) groups excluding carboxylic acids is 2. The van der Waals surface area contributed by atoms with Gasteiger partial charge in [-0.15, -0.1) is 0 Å². The fraction of sp³-hybridized carbons (Fsp3) is 0.267. The monoisotopic (exact) mass is 303 g/mol. The van der Waals surface area contributed by atoms with Gasteiger partial charge in [-0.3, -0.25) is 9.78 Å². The van der Waals surface area contributed by atoms with Crippen molar-refractivity contribution in [3.05, 3.63) is 54.2 Å². The van der Waals surface area contributed by atoms with E-state index in [-0.39, 0.29) is 18.9 Å². The van der Waals surface area contributed by atoms with E-state index in [2.05, 4.69) is 10.3 Å². The maximum Gasteiger partial charge on any atom is 0.226 e. The number of carboxylic acids is 1. The third-order valence-electron chi connectivity index (χ3n) is 3.11. The largest absolute Gasteiger partial charge is 0.544 e. The highest BCUT2D eigenvalue weighted by Crippen LogP contribution is 1.99. The number of hydrogen-bond acceptors (Lipinski definition) is 5. The SMILES string of the molecule is O=C(C[C@H]([NH2+]Cc1cccnc1)C(=O)[O-])NCc1ccco1. The molecule has 0 aliphatic rings. The van der Waals surface area contributed by atoms with Crippen LogP contribution in [0.1, 0.15) is 17.7 Å². The second-order valence-electron chi connectivity index (χ2n) is 4.79. The Morgan fingerprint density at radius 2 is 2.23 bits per heavy atom. The first kappa shape index (κ1) is 15.7. The summed E-state index contributed by atoms with van der Waals surface area (Å²) in [6.07, 6.45) is 4.64. The van der Waals surface area contributed by atoms with Crippen LogP contribution >= 0.6 is 0 Å². The van der Waals surface area contributed by atoms with Gasteiger partial charge in [0.1, 0.15) is 18.3 Å². The van der Waals surface area contributed by atoms with E-state index in [1.807, 2.05) is 6.07 Å². The molecule has 0 aliphatic carbocycles. The van der Waals surface area contributed by atoms with Crippen molar-refractivity contribution in [2.45, 2.75) is 25.6 Å². The lowest BCUT2D eigenvalue weighted by atomic mass is 10.2. The Bertz CT molecular complexity index is 599. The summed E-state index contributed by atoms with van der Waals surface area (Å²) >= 11 is 0. The normalized spacial score (nSPS) is 11.8. The van der Waals surface area contributed by atoms with Gasteiger partial charge in [0.2, 0.25) is 5.91 Å². The second-order valence-corrected chi connectivity index (χ2v) is 4.79. The summed E-state index contributed by atoms with van der Waals surface area (Å²) in [6.45, 7) is 0.645. The third-order valence-corrected chi connectivity index (χ3v) is 3.11. The molecule has 7 nitrogen and oxygen atoms in total. The predicted molar refractivity (Wildman–Crippen MR) is 73.8 cm³/mol. The minimum Gasteiger partial charge on any atom is -0.544 e. The molecule has 0 fully saturated rings. The van der Waals surface area contributed by atoms with Crippen molar-refractivity contribution < 1.29 is 24.4 Å². The first-order valence-corrected chi connectivity index (χ1v) is 6.87. The highest BCUT2D eigenvalue weighted by atomic mass is 16.4. The Morgan fingerprint density at radius 3 is 2.86 bits per heavy atom. The highest BCUT2D eigenvalue weighted by Gasteiger charge is 2.18. The Hall–Kier alpha value is -2.67. The van der Waals surface area contributed by atoms with Crippen molar-refractivity contribution in [2.75, 3.05) is 0 Å². The average Bonchev–Trinajstić information content (AvgIpc) is 3.03. The summed E-state index contributed by atoms with van der Waals surface area (Å²) in [5.41, 5.74) is 0.879. The number of pyridine rings is 1. The Morgan fingerprint density at radius 1 is 1.36 bits per heavy atom. The molecule has 116 valence electrons. The van der Waals surface area contributed by atoms with Crippen LogP contribution in [0.4, 0.5) is 0 Å². The van der Waals surface area contributed by atoms with Gasteiger partial charge in [0.05, 0.1) is 25.2 Å². The predicted octanol–water partition coefficient (Wildman–Crippen LogP) is -1.44. The number of nitrogens with two attached hydrogens (primary N) is 1. The molecular formula is C15H17N3O4. The lowest BCUT2D eigenvalue weighted by molar-refractivity contribution is -0.697. The Labute approximate surface area is 127 Å². The summed E-state index contributed by atoms with van der Waals surface area (Å²) in [5.74, 6) is -1.03. The fourth-order valence-electron chi connectivity index (χ4n) is 1.93. The Kier molecular flexibility index (Phi) is 5.67. The lowest BCUT2D eigenvalue weighted by Crippen LogP contribution is -2.92. The van der Waals surface area contributed by atoms with E-state index in [0.717, 1.165) is 5.56 Å². The van der Waals surface area contributed by atoms with Crippen molar-refractivity contribution in [1.82, 2.24) is 10.3 Å². The molecule has 22 heavy (non-hydrogen) atoms. The van der Waals surface area contributed by atoms with Crippen LogP contribution in [-0.2, 0) is 22.7 Å². The van der Waals surface area contributed by atoms with E-state index in [0.29, 0.717) is 12.3 Å². The van der Waals surface area contributed by atoms with Gasteiger partial charge < -0.3 is 25.0 Å². The molecule has 2 rings (SSSR count). The molecule has 2 aromatic rings. The number of hydrogen-bond donors (Lipinski definition) is 2. The molecule has 0 bridgehead atoms. The fourth-order valence-corrected chi connectivity index (χ4v) is 1.93. The minimum atomic E-state index is -1.27. The van der Waals surface area contributed by atoms with Gasteiger partial charge in [-0.05, 0) is 18.2 Å². The van der Waals surface area contributed by atoms with E-state index < -0.39 is 12.0 Å². The first-order chi connectivity index (χ1) is 10.6. The summed E-state index contributed by atoms with van der Waals surface area (Å²) in [4.78, 5) is 26.9. The number of amides is 1. The molecule has 3 N–H and O–H groups in total. The average molecular weight is 303 g/mol. The van der Waals surface area contributed by atoms with Crippen molar-refractivity contribution in [1.29, 1.82) is 0 Å². The molecule has 2 heterocycles. The van der Waals surface area contributed by atoms with Gasteiger partial charge in [0.25, 0.3) is 0 Å². The van der Waals surface area contributed by atoms with Crippen molar-refractivity contribution in [3.8, 4) is 0 Å². The maximum absolute atomic E-state index is 11.8. The summed E-state index contributed by atoms with van der Waals surface area (Å²) in [7, 11) is 0. The molecule has 0 spiro atoms. The van der Waals surface area contributed by atoms with Crippen LogP contribution in [0.15, 0.2) is 47.3 Å². The van der Waals surface area contributed by atoms with Gasteiger partial charge in [0.15, 0.2) is 0 Å². The van der Waals surface area contributed by atoms with E-state index in [9.17, 15) is 14.7 Å². The molecule has 0 aliphatic heterocycles. The standard InChI is InChI=1S/C15H17N3O4/c19-14(18-10-12-4-2-6-22-12)7-13(15(20)21)17-9-11-3-1-5-16-8-11/h1-6,8,13,17H,7,9-10H2,(H,18,19)(H,20,21)/t13-/m0/s1. The molecular weight excluding hydrogens is 286 g/mol. The third kappa shape index (κ3) is 5.02. The molecule has 0 saturated heterocycles. The van der Waals surface area contributed by atoms with Crippen molar-refractivity contribution in [2.24, 2.45) is 0 Å². The van der Waals surface area contributed by atoms with Gasteiger partial charge in [-0.2, -0.15) is 0 Å². The number of quaternary nitrogens is 1. The molecule has 0 saturated carbocycles. The van der Waals surface area contributed by atoms with Crippen molar-refractivity contribution in [3.63, 3.8) is 0 Å². The number of aliphatic carboxylic acids is 1. The van der Waals surface area contributed by atoms with Gasteiger partial charge in [-0.1, -0.05) is 6.07 Å². The number of carbonyl (C=O) groups is 2. The summed E-state index contributed by atoms with van der Waals surface area (Å²) < 4.78 is 5.08. The molecule has 1 amide bonds. The number of nitrogens with zero attached hydrogens (tertiary/aromatic N) is 1. The number of aromatic nitrogens is 1. The number of carboxylic acid groups (broad SMARTS) is 1. The number of nitrogens with one attached hydrogen (secondary N) is 1.